The van der Waals surface area contributed by atoms with Crippen molar-refractivity contribution in [2.75, 3.05) is 27.3 Å². The number of aliphatic imine (C=N–C) groups is 2. The monoisotopic (exact) mass is 299 g/mol. The molecule has 110 valence electrons. The van der Waals surface area contributed by atoms with Gasteiger partial charge in [0.05, 0.1) is 26.5 Å². The minimum atomic E-state index is -0.473. The van der Waals surface area contributed by atoms with Gasteiger partial charge in [-0.2, -0.15) is 4.99 Å². The molecule has 0 bridgehead atoms. The lowest BCUT2D eigenvalue weighted by molar-refractivity contribution is -0.118. The van der Waals surface area contributed by atoms with E-state index in [1.165, 1.54) is 7.11 Å². The smallest absolute Gasteiger partial charge is 0.260 e. The Bertz CT molecular complexity index is 509. The van der Waals surface area contributed by atoms with Gasteiger partial charge in [0, 0.05) is 6.08 Å². The molecule has 1 amide bonds. The van der Waals surface area contributed by atoms with E-state index in [9.17, 15) is 4.79 Å². The number of amides is 1. The summed E-state index contributed by atoms with van der Waals surface area (Å²) in [5, 5.41) is 3.10. The molecule has 0 saturated heterocycles. The molecule has 1 aliphatic heterocycles. The average Bonchev–Trinajstić information content (AvgIpc) is 2.43. The highest BCUT2D eigenvalue weighted by Crippen LogP contribution is 2.25. The molecule has 1 N–H and O–H groups in total. The van der Waals surface area contributed by atoms with Gasteiger partial charge < -0.3 is 14.8 Å². The third-order valence-electron chi connectivity index (χ3n) is 2.89. The van der Waals surface area contributed by atoms with Crippen molar-refractivity contribution in [3.63, 3.8) is 0 Å². The van der Waals surface area contributed by atoms with Crippen LogP contribution in [0.2, 0.25) is 0 Å². The standard InChI is InChI=1S/C13H17N3O3.ClH/c1-4-14-7-12-15-9-6-11(19-3)10(18-2)5-8(9)13(17)16-12;/h5-6,8,14H,4,7H2,1-3H3;1H. The van der Waals surface area contributed by atoms with E-state index < -0.39 is 5.92 Å². The Morgan fingerprint density at radius 2 is 1.95 bits per heavy atom. The van der Waals surface area contributed by atoms with Gasteiger partial charge in [-0.25, -0.2) is 4.99 Å². The van der Waals surface area contributed by atoms with Gasteiger partial charge in [0.15, 0.2) is 11.5 Å². The highest BCUT2D eigenvalue weighted by molar-refractivity contribution is 6.21. The van der Waals surface area contributed by atoms with Crippen molar-refractivity contribution >= 4 is 29.9 Å². The minimum absolute atomic E-state index is 0. The van der Waals surface area contributed by atoms with Gasteiger partial charge in [-0.3, -0.25) is 4.79 Å². The van der Waals surface area contributed by atoms with Gasteiger partial charge in [0.2, 0.25) is 0 Å². The molecule has 2 rings (SSSR count). The van der Waals surface area contributed by atoms with Gasteiger partial charge in [0.1, 0.15) is 11.8 Å². The first kappa shape index (κ1) is 16.4. The second-order valence-electron chi connectivity index (χ2n) is 4.11. The highest BCUT2D eigenvalue weighted by Gasteiger charge is 2.31. The maximum atomic E-state index is 12.0. The molecular formula is C13H18ClN3O3. The van der Waals surface area contributed by atoms with Crippen molar-refractivity contribution in [2.45, 2.75) is 6.92 Å². The van der Waals surface area contributed by atoms with Crippen LogP contribution in [0.4, 0.5) is 0 Å². The Kier molecular flexibility index (Phi) is 5.91. The second-order valence-corrected chi connectivity index (χ2v) is 4.11. The van der Waals surface area contributed by atoms with Crippen molar-refractivity contribution in [1.29, 1.82) is 0 Å². The zero-order valence-corrected chi connectivity index (χ0v) is 12.5. The highest BCUT2D eigenvalue weighted by atomic mass is 35.5. The maximum absolute atomic E-state index is 12.0. The van der Waals surface area contributed by atoms with Crippen LogP contribution >= 0.6 is 12.4 Å². The molecular weight excluding hydrogens is 282 g/mol. The number of carbonyl (C=O) groups is 1. The Morgan fingerprint density at radius 1 is 1.25 bits per heavy atom. The van der Waals surface area contributed by atoms with Gasteiger partial charge in [-0.05, 0) is 12.6 Å². The molecule has 0 aromatic rings. The van der Waals surface area contributed by atoms with E-state index in [-0.39, 0.29) is 18.3 Å². The van der Waals surface area contributed by atoms with Crippen molar-refractivity contribution in [3.8, 4) is 0 Å². The number of hydrogen-bond acceptors (Lipinski definition) is 5. The molecule has 6 nitrogen and oxygen atoms in total. The van der Waals surface area contributed by atoms with Crippen LogP contribution in [-0.4, -0.2) is 44.8 Å². The molecule has 0 saturated carbocycles. The zero-order valence-electron chi connectivity index (χ0n) is 11.7. The van der Waals surface area contributed by atoms with Crippen LogP contribution in [0.1, 0.15) is 6.92 Å². The third-order valence-corrected chi connectivity index (χ3v) is 2.89. The quantitative estimate of drug-likeness (QED) is 0.825. The molecule has 0 aromatic heterocycles. The van der Waals surface area contributed by atoms with Gasteiger partial charge in [-0.15, -0.1) is 12.4 Å². The summed E-state index contributed by atoms with van der Waals surface area (Å²) in [5.74, 6) is 0.900. The lowest BCUT2D eigenvalue weighted by Crippen LogP contribution is -2.33. The summed E-state index contributed by atoms with van der Waals surface area (Å²) in [4.78, 5) is 20.4. The average molecular weight is 300 g/mol. The van der Waals surface area contributed by atoms with E-state index >= 15 is 0 Å². The Balaban J connectivity index is 0.00000200. The molecule has 20 heavy (non-hydrogen) atoms. The fourth-order valence-corrected chi connectivity index (χ4v) is 1.93. The van der Waals surface area contributed by atoms with Gasteiger partial charge in [-0.1, -0.05) is 6.92 Å². The summed E-state index contributed by atoms with van der Waals surface area (Å²) in [6.07, 6.45) is 3.41. The van der Waals surface area contributed by atoms with Crippen molar-refractivity contribution in [1.82, 2.24) is 5.32 Å². The molecule has 7 heteroatoms. The normalized spacial score (nSPS) is 20.8. The summed E-state index contributed by atoms with van der Waals surface area (Å²) in [6, 6.07) is 0. The fourth-order valence-electron chi connectivity index (χ4n) is 1.93. The third kappa shape index (κ3) is 3.26. The molecule has 1 unspecified atom stereocenters. The number of halogens is 1. The van der Waals surface area contributed by atoms with Crippen molar-refractivity contribution in [3.05, 3.63) is 23.7 Å². The number of hydrogen-bond donors (Lipinski definition) is 1. The van der Waals surface area contributed by atoms with Gasteiger partial charge >= 0.3 is 0 Å². The van der Waals surface area contributed by atoms with Crippen LogP contribution in [-0.2, 0) is 14.3 Å². The molecule has 0 spiro atoms. The molecule has 0 radical (unpaired) electrons. The van der Waals surface area contributed by atoms with Crippen molar-refractivity contribution < 1.29 is 14.3 Å². The van der Waals surface area contributed by atoms with Crippen LogP contribution in [0, 0.1) is 5.92 Å². The molecule has 1 heterocycles. The van der Waals surface area contributed by atoms with Crippen LogP contribution in [0.3, 0.4) is 0 Å². The Hall–Kier alpha value is -1.66. The van der Waals surface area contributed by atoms with Crippen LogP contribution in [0.5, 0.6) is 0 Å². The van der Waals surface area contributed by atoms with Crippen LogP contribution in [0.15, 0.2) is 33.7 Å². The first-order chi connectivity index (χ1) is 9.19. The minimum Gasteiger partial charge on any atom is -0.493 e. The second kappa shape index (κ2) is 7.21. The van der Waals surface area contributed by atoms with E-state index in [1.807, 2.05) is 6.92 Å². The van der Waals surface area contributed by atoms with E-state index in [1.54, 1.807) is 19.3 Å². The first-order valence-electron chi connectivity index (χ1n) is 6.12. The number of methoxy groups -OCH3 is 2. The first-order valence-corrected chi connectivity index (χ1v) is 6.12. The summed E-state index contributed by atoms with van der Waals surface area (Å²) in [6.45, 7) is 3.27. The molecule has 0 aromatic carbocycles. The zero-order chi connectivity index (χ0) is 13.8. The van der Waals surface area contributed by atoms with E-state index in [2.05, 4.69) is 15.3 Å². The number of likely N-dealkylation sites (N-methyl/N-ethyl adjacent to an activating group) is 1. The van der Waals surface area contributed by atoms with E-state index in [0.29, 0.717) is 29.6 Å². The van der Waals surface area contributed by atoms with Crippen LogP contribution < -0.4 is 5.32 Å². The number of nitrogens with one attached hydrogen (secondary N) is 1. The number of rotatable bonds is 5. The predicted octanol–water partition coefficient (Wildman–Crippen LogP) is 1.09. The predicted molar refractivity (Wildman–Crippen MR) is 79.3 cm³/mol. The Morgan fingerprint density at radius 3 is 2.55 bits per heavy atom. The summed E-state index contributed by atoms with van der Waals surface area (Å²) >= 11 is 0. The van der Waals surface area contributed by atoms with Gasteiger partial charge in [0.25, 0.3) is 5.91 Å². The molecule has 1 aliphatic carbocycles. The molecule has 1 atom stereocenters. The summed E-state index contributed by atoms with van der Waals surface area (Å²) < 4.78 is 10.4. The van der Waals surface area contributed by atoms with E-state index in [4.69, 9.17) is 9.47 Å². The van der Waals surface area contributed by atoms with Crippen LogP contribution in [0.25, 0.3) is 0 Å². The summed E-state index contributed by atoms with van der Waals surface area (Å²) in [7, 11) is 3.09. The fraction of sp³-hybridized carbons (Fsp3) is 0.462. The topological polar surface area (TPSA) is 72.3 Å². The largest absolute Gasteiger partial charge is 0.493 e. The summed E-state index contributed by atoms with van der Waals surface area (Å²) in [5.41, 5.74) is 0.644. The number of nitrogens with zero attached hydrogens (tertiary/aromatic N) is 2. The van der Waals surface area contributed by atoms with E-state index in [0.717, 1.165) is 6.54 Å². The number of fused-ring (bicyclic) bond motifs is 1. The number of ether oxygens (including phenoxy) is 2. The Labute approximate surface area is 124 Å². The lowest BCUT2D eigenvalue weighted by atomic mass is 9.94. The number of allylic oxidation sites excluding steroid dienone is 1. The molecule has 0 fully saturated rings. The van der Waals surface area contributed by atoms with Crippen molar-refractivity contribution in [2.24, 2.45) is 15.9 Å². The lowest BCUT2D eigenvalue weighted by Gasteiger charge is -2.22. The number of amidine groups is 1. The maximum Gasteiger partial charge on any atom is 0.260 e. The molecule has 2 aliphatic rings. The SMILES string of the molecule is CCNCC1=NC(=O)C2C=C(OC)C(OC)=CC2=N1.Cl. The number of carbonyl (C=O) groups excluding carboxylic acids is 1.